The van der Waals surface area contributed by atoms with Gasteiger partial charge in [-0.1, -0.05) is 60.7 Å². The van der Waals surface area contributed by atoms with Gasteiger partial charge in [-0.05, 0) is 119 Å². The van der Waals surface area contributed by atoms with Crippen LogP contribution >= 0.6 is 0 Å². The second-order valence-electron chi connectivity index (χ2n) is 10.9. The molecule has 0 aliphatic rings. The molecule has 0 fully saturated rings. The molecule has 4 aromatic carbocycles. The van der Waals surface area contributed by atoms with Crippen LogP contribution < -0.4 is 9.80 Å². The van der Waals surface area contributed by atoms with Crippen LogP contribution in [-0.2, 0) is 0 Å². The number of para-hydroxylation sites is 2. The van der Waals surface area contributed by atoms with Crippen LogP contribution in [0.4, 0.5) is 22.7 Å². The third kappa shape index (κ3) is 5.16. The van der Waals surface area contributed by atoms with Crippen LogP contribution in [0, 0.1) is 34.6 Å². The molecule has 0 aliphatic carbocycles. The number of rotatable bonds is 7. The lowest BCUT2D eigenvalue weighted by atomic mass is 9.94. The molecular weight excluding hydrogens is 448 g/mol. The molecule has 0 saturated carbocycles. The minimum atomic E-state index is 0.334. The van der Waals surface area contributed by atoms with Crippen molar-refractivity contribution < 1.29 is 0 Å². The summed E-state index contributed by atoms with van der Waals surface area (Å²) in [6.07, 6.45) is 0. The van der Waals surface area contributed by atoms with E-state index in [2.05, 4.69) is 151 Å². The Hall–Kier alpha value is -3.52. The lowest BCUT2D eigenvalue weighted by Gasteiger charge is -2.34. The predicted octanol–water partition coefficient (Wildman–Crippen LogP) is 9.99. The number of nitrogens with zero attached hydrogens (tertiary/aromatic N) is 2. The summed E-state index contributed by atoms with van der Waals surface area (Å²) in [4.78, 5) is 4.98. The molecule has 192 valence electrons. The maximum absolute atomic E-state index is 2.50. The molecule has 0 spiro atoms. The van der Waals surface area contributed by atoms with E-state index in [1.54, 1.807) is 0 Å². The molecule has 0 aliphatic heterocycles. The van der Waals surface area contributed by atoms with E-state index < -0.39 is 0 Å². The van der Waals surface area contributed by atoms with Crippen molar-refractivity contribution in [1.82, 2.24) is 0 Å². The highest BCUT2D eigenvalue weighted by molar-refractivity contribution is 5.83. The van der Waals surface area contributed by atoms with Crippen molar-refractivity contribution in [2.24, 2.45) is 0 Å². The molecule has 37 heavy (non-hydrogen) atoms. The Bertz CT molecular complexity index is 1380. The summed E-state index contributed by atoms with van der Waals surface area (Å²) in [5.41, 5.74) is 14.2. The van der Waals surface area contributed by atoms with E-state index in [0.717, 1.165) is 0 Å². The first-order valence-corrected chi connectivity index (χ1v) is 13.5. The topological polar surface area (TPSA) is 6.48 Å². The third-order valence-electron chi connectivity index (χ3n) is 7.40. The number of hydrogen-bond donors (Lipinski definition) is 0. The van der Waals surface area contributed by atoms with E-state index in [4.69, 9.17) is 0 Å². The standard InChI is InChI=1S/C35H42N2/c1-23(2)36(34-26(6)15-12-16-27(34)7)31-18-13-17-30(22-31)32-21-20-28(8)35(29(32)9)37(24(3)4)33-19-11-10-14-25(33)5/h10-24H,1-9H3. The predicted molar refractivity (Wildman–Crippen MR) is 163 cm³/mol. The molecule has 0 unspecified atom stereocenters. The van der Waals surface area contributed by atoms with E-state index in [-0.39, 0.29) is 0 Å². The second kappa shape index (κ2) is 10.8. The van der Waals surface area contributed by atoms with Crippen molar-refractivity contribution in [2.45, 2.75) is 74.4 Å². The molecule has 0 N–H and O–H groups in total. The van der Waals surface area contributed by atoms with Crippen molar-refractivity contribution in [3.8, 4) is 11.1 Å². The van der Waals surface area contributed by atoms with E-state index in [1.807, 2.05) is 0 Å². The van der Waals surface area contributed by atoms with Crippen molar-refractivity contribution in [3.05, 3.63) is 107 Å². The van der Waals surface area contributed by atoms with Crippen LogP contribution in [0.3, 0.4) is 0 Å². The fourth-order valence-corrected chi connectivity index (χ4v) is 5.70. The summed E-state index contributed by atoms with van der Waals surface area (Å²) in [5, 5.41) is 0. The summed E-state index contributed by atoms with van der Waals surface area (Å²) >= 11 is 0. The normalized spacial score (nSPS) is 11.3. The second-order valence-corrected chi connectivity index (χ2v) is 10.9. The molecule has 4 rings (SSSR count). The van der Waals surface area contributed by atoms with Gasteiger partial charge in [0.1, 0.15) is 0 Å². The Balaban J connectivity index is 1.87. The SMILES string of the molecule is Cc1ccccc1N(c1c(C)ccc(-c2cccc(N(c3c(C)cccc3C)C(C)C)c2)c1C)C(C)C. The molecule has 0 aromatic heterocycles. The van der Waals surface area contributed by atoms with Crippen molar-refractivity contribution in [2.75, 3.05) is 9.80 Å². The molecule has 4 aromatic rings. The maximum atomic E-state index is 2.50. The van der Waals surface area contributed by atoms with E-state index in [1.165, 1.54) is 61.7 Å². The highest BCUT2D eigenvalue weighted by atomic mass is 15.2. The number of hydrogen-bond acceptors (Lipinski definition) is 2. The quantitative estimate of drug-likeness (QED) is 0.254. The summed E-state index contributed by atoms with van der Waals surface area (Å²) in [6.45, 7) is 20.3. The monoisotopic (exact) mass is 490 g/mol. The molecule has 0 heterocycles. The van der Waals surface area contributed by atoms with Crippen LogP contribution in [0.15, 0.2) is 78.9 Å². The number of anilines is 4. The van der Waals surface area contributed by atoms with Gasteiger partial charge in [0.15, 0.2) is 0 Å². The largest absolute Gasteiger partial charge is 0.338 e. The summed E-state index contributed by atoms with van der Waals surface area (Å²) in [6, 6.07) is 29.6. The lowest BCUT2D eigenvalue weighted by Crippen LogP contribution is -2.28. The molecule has 0 amide bonds. The smallest absolute Gasteiger partial charge is 0.0478 e. The van der Waals surface area contributed by atoms with Crippen LogP contribution in [-0.4, -0.2) is 12.1 Å². The Morgan fingerprint density at radius 3 is 1.70 bits per heavy atom. The van der Waals surface area contributed by atoms with Gasteiger partial charge < -0.3 is 9.80 Å². The van der Waals surface area contributed by atoms with Gasteiger partial charge in [-0.3, -0.25) is 0 Å². The number of benzene rings is 4. The molecule has 2 nitrogen and oxygen atoms in total. The molecule has 0 radical (unpaired) electrons. The molecule has 0 atom stereocenters. The highest BCUT2D eigenvalue weighted by Crippen LogP contribution is 2.41. The molecule has 0 saturated heterocycles. The number of aryl methyl sites for hydroxylation is 4. The van der Waals surface area contributed by atoms with Crippen LogP contribution in [0.1, 0.15) is 55.5 Å². The van der Waals surface area contributed by atoms with Crippen LogP contribution in [0.5, 0.6) is 0 Å². The summed E-state index contributed by atoms with van der Waals surface area (Å²) < 4.78 is 0. The fourth-order valence-electron chi connectivity index (χ4n) is 5.70. The Labute approximate surface area is 224 Å². The molecular formula is C35H42N2. The van der Waals surface area contributed by atoms with Crippen LogP contribution in [0.25, 0.3) is 11.1 Å². The van der Waals surface area contributed by atoms with Gasteiger partial charge in [0.2, 0.25) is 0 Å². The zero-order valence-electron chi connectivity index (χ0n) is 24.1. The van der Waals surface area contributed by atoms with Gasteiger partial charge in [-0.2, -0.15) is 0 Å². The van der Waals surface area contributed by atoms with Gasteiger partial charge in [-0.25, -0.2) is 0 Å². The van der Waals surface area contributed by atoms with Gasteiger partial charge in [-0.15, -0.1) is 0 Å². The van der Waals surface area contributed by atoms with Gasteiger partial charge >= 0.3 is 0 Å². The first kappa shape index (κ1) is 26.5. The maximum Gasteiger partial charge on any atom is 0.0478 e. The first-order chi connectivity index (χ1) is 17.6. The minimum absolute atomic E-state index is 0.334. The van der Waals surface area contributed by atoms with Crippen molar-refractivity contribution in [1.29, 1.82) is 0 Å². The lowest BCUT2D eigenvalue weighted by molar-refractivity contribution is 0.781. The van der Waals surface area contributed by atoms with Crippen molar-refractivity contribution >= 4 is 22.7 Å². The van der Waals surface area contributed by atoms with Crippen LogP contribution in [0.2, 0.25) is 0 Å². The average Bonchev–Trinajstić information content (AvgIpc) is 2.84. The summed E-state index contributed by atoms with van der Waals surface area (Å²) in [5.74, 6) is 0. The summed E-state index contributed by atoms with van der Waals surface area (Å²) in [7, 11) is 0. The Morgan fingerprint density at radius 1 is 0.514 bits per heavy atom. The van der Waals surface area contributed by atoms with E-state index in [0.29, 0.717) is 12.1 Å². The molecule has 2 heteroatoms. The average molecular weight is 491 g/mol. The Kier molecular flexibility index (Phi) is 7.78. The van der Waals surface area contributed by atoms with Crippen molar-refractivity contribution in [3.63, 3.8) is 0 Å². The zero-order chi connectivity index (χ0) is 26.9. The van der Waals surface area contributed by atoms with Gasteiger partial charge in [0, 0.05) is 34.8 Å². The Morgan fingerprint density at radius 2 is 1.08 bits per heavy atom. The third-order valence-corrected chi connectivity index (χ3v) is 7.40. The van der Waals surface area contributed by atoms with Gasteiger partial charge in [0.05, 0.1) is 0 Å². The first-order valence-electron chi connectivity index (χ1n) is 13.5. The fraction of sp³-hybridized carbons (Fsp3) is 0.314. The van der Waals surface area contributed by atoms with E-state index in [9.17, 15) is 0 Å². The minimum Gasteiger partial charge on any atom is -0.338 e. The zero-order valence-corrected chi connectivity index (χ0v) is 24.1. The van der Waals surface area contributed by atoms with E-state index >= 15 is 0 Å². The molecule has 0 bridgehead atoms. The highest BCUT2D eigenvalue weighted by Gasteiger charge is 2.22. The van der Waals surface area contributed by atoms with Gasteiger partial charge in [0.25, 0.3) is 0 Å².